The van der Waals surface area contributed by atoms with Gasteiger partial charge in [-0.3, -0.25) is 14.5 Å². The average Bonchev–Trinajstić information content (AvgIpc) is 3.25. The average molecular weight is 558 g/mol. The van der Waals surface area contributed by atoms with Crippen molar-refractivity contribution in [3.05, 3.63) is 22.3 Å². The van der Waals surface area contributed by atoms with Crippen molar-refractivity contribution in [1.29, 1.82) is 0 Å². The molecule has 1 aromatic heterocycles. The molecule has 2 aliphatic rings. The van der Waals surface area contributed by atoms with E-state index in [0.29, 0.717) is 0 Å². The maximum Gasteiger partial charge on any atom is 0.508 e. The standard InChI is InChI=1S/C21H27N5O9S2/c1-8(2)34-21(31)35-9(3)15-10(6-32-4)14(19(29)30)26-17(28)13(18(26)37-15)24-16(27)12(25-33-5)11-7-36-20(22)23-11/h7-9,13,15,18H,6H2,1-5H3,(H2,22,23)(H,24,27)(H,29,30)/t9-,13+,15-,18+/m0/s1. The molecule has 4 N–H and O–H groups in total. The lowest BCUT2D eigenvalue weighted by molar-refractivity contribution is -0.150. The monoisotopic (exact) mass is 557 g/mol. The van der Waals surface area contributed by atoms with Gasteiger partial charge in [-0.15, -0.1) is 23.1 Å². The van der Waals surface area contributed by atoms with E-state index >= 15 is 0 Å². The van der Waals surface area contributed by atoms with Crippen LogP contribution in [0.3, 0.4) is 0 Å². The SMILES string of the molecule is COCC1=C(C(=O)O)N2C(=O)[C@@H](NC(=O)C(=NOC)c3csc(N)n3)[C@H]2S[C@H]1[C@H](C)OC(=O)OC(C)C. The number of nitrogens with zero attached hydrogens (tertiary/aromatic N) is 3. The number of oxime groups is 1. The number of methoxy groups -OCH3 is 1. The highest BCUT2D eigenvalue weighted by Gasteiger charge is 2.57. The molecule has 0 saturated carbocycles. The van der Waals surface area contributed by atoms with E-state index < -0.39 is 52.8 Å². The van der Waals surface area contributed by atoms with Crippen LogP contribution in [0.5, 0.6) is 0 Å². The number of hydrogen-bond acceptors (Lipinski definition) is 13. The predicted molar refractivity (Wildman–Crippen MR) is 133 cm³/mol. The highest BCUT2D eigenvalue weighted by atomic mass is 32.2. The number of nitrogens with one attached hydrogen (secondary N) is 1. The molecule has 2 aliphatic heterocycles. The zero-order valence-corrected chi connectivity index (χ0v) is 22.3. The maximum atomic E-state index is 13.0. The number of nitrogens with two attached hydrogens (primary N) is 1. The van der Waals surface area contributed by atoms with Gasteiger partial charge in [0.1, 0.15) is 36.0 Å². The number of hydrogen-bond donors (Lipinski definition) is 3. The van der Waals surface area contributed by atoms with Crippen LogP contribution in [0.15, 0.2) is 21.8 Å². The van der Waals surface area contributed by atoms with Crippen molar-refractivity contribution in [3.63, 3.8) is 0 Å². The van der Waals surface area contributed by atoms with Crippen molar-refractivity contribution in [2.45, 2.75) is 49.6 Å². The largest absolute Gasteiger partial charge is 0.508 e. The molecule has 202 valence electrons. The lowest BCUT2D eigenvalue weighted by Gasteiger charge is -2.51. The minimum atomic E-state index is -1.36. The number of aromatic nitrogens is 1. The highest BCUT2D eigenvalue weighted by Crippen LogP contribution is 2.46. The van der Waals surface area contributed by atoms with Gasteiger partial charge < -0.3 is 35.2 Å². The number of carbonyl (C=O) groups is 4. The first-order valence-electron chi connectivity index (χ1n) is 10.9. The predicted octanol–water partition coefficient (Wildman–Crippen LogP) is 0.780. The Kier molecular flexibility index (Phi) is 8.98. The van der Waals surface area contributed by atoms with Crippen LogP contribution in [0.1, 0.15) is 26.5 Å². The quantitative estimate of drug-likeness (QED) is 0.159. The van der Waals surface area contributed by atoms with Gasteiger partial charge in [0, 0.05) is 18.1 Å². The highest BCUT2D eigenvalue weighted by molar-refractivity contribution is 8.01. The van der Waals surface area contributed by atoms with Gasteiger partial charge in [0.15, 0.2) is 10.8 Å². The van der Waals surface area contributed by atoms with Gasteiger partial charge in [0.05, 0.1) is 18.0 Å². The molecule has 0 bridgehead atoms. The number of fused-ring (bicyclic) bond motifs is 1. The van der Waals surface area contributed by atoms with Crippen molar-refractivity contribution in [2.24, 2.45) is 5.16 Å². The summed E-state index contributed by atoms with van der Waals surface area (Å²) in [4.78, 5) is 60.2. The molecule has 14 nitrogen and oxygen atoms in total. The third kappa shape index (κ3) is 5.97. The number of β-lactam (4-membered cyclic amide) rings is 1. The van der Waals surface area contributed by atoms with Crippen LogP contribution >= 0.6 is 23.1 Å². The summed E-state index contributed by atoms with van der Waals surface area (Å²) in [6.45, 7) is 4.77. The molecule has 0 aromatic carbocycles. The van der Waals surface area contributed by atoms with Crippen LogP contribution in [-0.4, -0.2) is 94.3 Å². The van der Waals surface area contributed by atoms with Crippen molar-refractivity contribution in [3.8, 4) is 0 Å². The van der Waals surface area contributed by atoms with E-state index in [9.17, 15) is 24.3 Å². The van der Waals surface area contributed by atoms with Gasteiger partial charge in [0.25, 0.3) is 11.8 Å². The Morgan fingerprint density at radius 2 is 1.97 bits per heavy atom. The lowest BCUT2D eigenvalue weighted by Crippen LogP contribution is -2.72. The number of carbonyl (C=O) groups excluding carboxylic acids is 3. The van der Waals surface area contributed by atoms with Crippen molar-refractivity contribution < 1.29 is 43.3 Å². The Labute approximate surface area is 220 Å². The third-order valence-corrected chi connectivity index (χ3v) is 7.61. The molecule has 0 radical (unpaired) electrons. The Bertz CT molecular complexity index is 1140. The van der Waals surface area contributed by atoms with Crippen LogP contribution in [0.2, 0.25) is 0 Å². The van der Waals surface area contributed by atoms with Gasteiger partial charge in [0.2, 0.25) is 0 Å². The van der Waals surface area contributed by atoms with Gasteiger partial charge in [-0.2, -0.15) is 0 Å². The minimum Gasteiger partial charge on any atom is -0.477 e. The van der Waals surface area contributed by atoms with Gasteiger partial charge >= 0.3 is 12.1 Å². The number of thiazole rings is 1. The second-order valence-electron chi connectivity index (χ2n) is 8.15. The number of carboxylic acids is 1. The number of aliphatic carboxylic acids is 1. The molecular weight excluding hydrogens is 530 g/mol. The van der Waals surface area contributed by atoms with Crippen LogP contribution < -0.4 is 11.1 Å². The van der Waals surface area contributed by atoms with Crippen molar-refractivity contribution in [2.75, 3.05) is 26.6 Å². The second-order valence-corrected chi connectivity index (χ2v) is 10.3. The number of anilines is 1. The van der Waals surface area contributed by atoms with Crippen LogP contribution in [0, 0.1) is 0 Å². The molecule has 0 unspecified atom stereocenters. The van der Waals surface area contributed by atoms with E-state index in [1.54, 1.807) is 20.8 Å². The summed E-state index contributed by atoms with van der Waals surface area (Å²) in [5, 5.41) is 16.4. The summed E-state index contributed by atoms with van der Waals surface area (Å²) >= 11 is 2.24. The Morgan fingerprint density at radius 1 is 1.27 bits per heavy atom. The lowest BCUT2D eigenvalue weighted by atomic mass is 9.98. The van der Waals surface area contributed by atoms with Gasteiger partial charge in [-0.05, 0) is 20.8 Å². The fourth-order valence-electron chi connectivity index (χ4n) is 3.77. The molecule has 0 aliphatic carbocycles. The second kappa shape index (κ2) is 11.8. The van der Waals surface area contributed by atoms with Gasteiger partial charge in [-0.25, -0.2) is 14.6 Å². The van der Waals surface area contributed by atoms with E-state index in [-0.39, 0.29) is 34.4 Å². The Morgan fingerprint density at radius 3 is 2.51 bits per heavy atom. The molecule has 4 atom stereocenters. The van der Waals surface area contributed by atoms with Crippen LogP contribution in [-0.2, 0) is 33.4 Å². The summed E-state index contributed by atoms with van der Waals surface area (Å²) in [6.07, 6.45) is -2.19. The minimum absolute atomic E-state index is 0.129. The number of thioether (sulfide) groups is 1. The van der Waals surface area contributed by atoms with E-state index in [2.05, 4.69) is 15.5 Å². The first-order chi connectivity index (χ1) is 17.5. The number of nitrogen functional groups attached to an aromatic ring is 1. The Hall–Kier alpha value is -3.37. The fourth-order valence-corrected chi connectivity index (χ4v) is 5.91. The number of rotatable bonds is 10. The summed E-state index contributed by atoms with van der Waals surface area (Å²) in [5.41, 5.74) is 5.55. The van der Waals surface area contributed by atoms with Crippen LogP contribution in [0.4, 0.5) is 9.93 Å². The van der Waals surface area contributed by atoms with Crippen LogP contribution in [0.25, 0.3) is 0 Å². The van der Waals surface area contributed by atoms with Crippen molar-refractivity contribution in [1.82, 2.24) is 15.2 Å². The molecule has 16 heteroatoms. The molecule has 1 aromatic rings. The summed E-state index contributed by atoms with van der Waals surface area (Å²) in [6, 6.07) is -1.11. The molecular formula is C21H27N5O9S2. The van der Waals surface area contributed by atoms with Gasteiger partial charge in [-0.1, -0.05) is 5.16 Å². The smallest absolute Gasteiger partial charge is 0.477 e. The molecule has 1 fully saturated rings. The number of ether oxygens (including phenoxy) is 3. The normalized spacial score (nSPS) is 22.2. The summed E-state index contributed by atoms with van der Waals surface area (Å²) in [7, 11) is 2.62. The molecule has 3 heterocycles. The molecule has 2 amide bonds. The number of carboxylic acid groups (broad SMARTS) is 1. The summed E-state index contributed by atoms with van der Waals surface area (Å²) < 4.78 is 15.6. The van der Waals surface area contributed by atoms with E-state index in [1.807, 2.05) is 0 Å². The first-order valence-corrected chi connectivity index (χ1v) is 12.8. The molecule has 3 rings (SSSR count). The van der Waals surface area contributed by atoms with Crippen molar-refractivity contribution >= 4 is 57.9 Å². The zero-order valence-electron chi connectivity index (χ0n) is 20.6. The molecule has 1 saturated heterocycles. The molecule has 0 spiro atoms. The first kappa shape index (κ1) is 28.2. The molecule has 37 heavy (non-hydrogen) atoms. The Balaban J connectivity index is 1.89. The van der Waals surface area contributed by atoms with E-state index in [1.165, 1.54) is 19.6 Å². The maximum absolute atomic E-state index is 13.0. The topological polar surface area (TPSA) is 192 Å². The van der Waals surface area contributed by atoms with E-state index in [0.717, 1.165) is 28.0 Å². The fraction of sp³-hybridized carbons (Fsp3) is 0.524. The zero-order chi connectivity index (χ0) is 27.4. The summed E-state index contributed by atoms with van der Waals surface area (Å²) in [5.74, 6) is -2.77. The third-order valence-electron chi connectivity index (χ3n) is 5.21. The van der Waals surface area contributed by atoms with E-state index in [4.69, 9.17) is 24.8 Å². The number of amides is 2.